The molecule has 172 valence electrons. The van der Waals surface area contributed by atoms with Crippen molar-refractivity contribution in [3.05, 3.63) is 69.9 Å². The monoisotopic (exact) mass is 476 g/mol. The van der Waals surface area contributed by atoms with Crippen LogP contribution >= 0.6 is 11.8 Å². The normalized spacial score (nSPS) is 16.5. The highest BCUT2D eigenvalue weighted by Gasteiger charge is 2.38. The number of thioether (sulfide) groups is 1. The Morgan fingerprint density at radius 3 is 2.76 bits per heavy atom. The summed E-state index contributed by atoms with van der Waals surface area (Å²) in [7, 11) is 0. The first-order valence-electron chi connectivity index (χ1n) is 10.3. The highest BCUT2D eigenvalue weighted by atomic mass is 32.2. The molecule has 0 radical (unpaired) electrons. The number of pyridine rings is 1. The summed E-state index contributed by atoms with van der Waals surface area (Å²) in [5.41, 5.74) is 8.11. The molecule has 1 aromatic heterocycles. The van der Waals surface area contributed by atoms with Gasteiger partial charge in [0.05, 0.1) is 29.4 Å². The largest absolute Gasteiger partial charge is 0.463 e. The van der Waals surface area contributed by atoms with E-state index in [2.05, 4.69) is 17.1 Å². The molecule has 9 nitrogen and oxygen atoms in total. The molecule has 2 aliphatic heterocycles. The fourth-order valence-electron chi connectivity index (χ4n) is 3.65. The van der Waals surface area contributed by atoms with Gasteiger partial charge in [0, 0.05) is 5.69 Å². The van der Waals surface area contributed by atoms with Crippen molar-refractivity contribution < 1.29 is 23.7 Å². The van der Waals surface area contributed by atoms with Crippen LogP contribution in [-0.2, 0) is 14.3 Å². The van der Waals surface area contributed by atoms with E-state index in [-0.39, 0.29) is 41.9 Å². The number of benzene rings is 1. The van der Waals surface area contributed by atoms with E-state index in [1.165, 1.54) is 11.8 Å². The smallest absolute Gasteiger partial charge is 0.338 e. The number of aromatic nitrogens is 1. The third-order valence-electron chi connectivity index (χ3n) is 5.18. The van der Waals surface area contributed by atoms with Crippen LogP contribution in [0.5, 0.6) is 11.5 Å². The number of fused-ring (bicyclic) bond motifs is 1. The minimum Gasteiger partial charge on any atom is -0.463 e. The van der Waals surface area contributed by atoms with E-state index < -0.39 is 11.9 Å². The lowest BCUT2D eigenvalue weighted by Gasteiger charge is -2.28. The minimum atomic E-state index is -0.830. The fourth-order valence-corrected chi connectivity index (χ4v) is 4.61. The van der Waals surface area contributed by atoms with E-state index in [1.54, 1.807) is 37.3 Å². The molecule has 10 heteroatoms. The Kier molecular flexibility index (Phi) is 6.62. The average molecular weight is 477 g/mol. The number of nitrogens with two attached hydrogens (primary N) is 1. The molecular formula is C24H20N4O5S. The number of allylic oxidation sites excluding steroid dienone is 1. The molecule has 0 saturated carbocycles. The van der Waals surface area contributed by atoms with Crippen LogP contribution in [-0.4, -0.2) is 30.1 Å². The Bertz CT molecular complexity index is 1310. The maximum Gasteiger partial charge on any atom is 0.338 e. The molecule has 0 aliphatic carbocycles. The van der Waals surface area contributed by atoms with Crippen LogP contribution in [0.25, 0.3) is 0 Å². The lowest BCUT2D eigenvalue weighted by Crippen LogP contribution is -2.27. The Morgan fingerprint density at radius 2 is 2.03 bits per heavy atom. The summed E-state index contributed by atoms with van der Waals surface area (Å²) in [6.45, 7) is 3.73. The molecular weight excluding hydrogens is 456 g/mol. The van der Waals surface area contributed by atoms with Gasteiger partial charge in [0.25, 0.3) is 0 Å². The van der Waals surface area contributed by atoms with Crippen LogP contribution in [0, 0.1) is 29.6 Å². The van der Waals surface area contributed by atoms with E-state index in [9.17, 15) is 15.3 Å². The molecule has 0 amide bonds. The molecule has 0 bridgehead atoms. The molecule has 0 spiro atoms. The lowest BCUT2D eigenvalue weighted by atomic mass is 9.83. The Labute approximate surface area is 200 Å². The second kappa shape index (κ2) is 9.77. The first kappa shape index (κ1) is 23.0. The van der Waals surface area contributed by atoms with Gasteiger partial charge in [0.1, 0.15) is 28.5 Å². The molecule has 34 heavy (non-hydrogen) atoms. The molecule has 2 aliphatic rings. The molecule has 0 saturated heterocycles. The van der Waals surface area contributed by atoms with Gasteiger partial charge in [-0.25, -0.2) is 9.78 Å². The maximum absolute atomic E-state index is 13.1. The predicted octanol–water partition coefficient (Wildman–Crippen LogP) is 3.41. The molecule has 1 atom stereocenters. The average Bonchev–Trinajstić information content (AvgIpc) is 3.30. The van der Waals surface area contributed by atoms with Crippen LogP contribution in [0.1, 0.15) is 29.7 Å². The van der Waals surface area contributed by atoms with E-state index in [4.69, 9.17) is 24.7 Å². The van der Waals surface area contributed by atoms with Crippen LogP contribution in [0.3, 0.4) is 0 Å². The van der Waals surface area contributed by atoms with Gasteiger partial charge in [-0.15, -0.1) is 0 Å². The van der Waals surface area contributed by atoms with Gasteiger partial charge in [-0.05, 0) is 43.7 Å². The minimum absolute atomic E-state index is 0.0852. The number of hydrogen-bond donors (Lipinski definition) is 1. The molecule has 2 aromatic rings. The maximum atomic E-state index is 13.1. The van der Waals surface area contributed by atoms with Gasteiger partial charge >= 0.3 is 5.97 Å². The van der Waals surface area contributed by atoms with Gasteiger partial charge in [-0.1, -0.05) is 17.8 Å². The van der Waals surface area contributed by atoms with Crippen molar-refractivity contribution in [1.29, 1.82) is 10.5 Å². The van der Waals surface area contributed by atoms with Gasteiger partial charge in [0.15, 0.2) is 11.5 Å². The first-order valence-corrected chi connectivity index (χ1v) is 11.3. The third-order valence-corrected chi connectivity index (χ3v) is 6.17. The van der Waals surface area contributed by atoms with Crippen LogP contribution < -0.4 is 15.2 Å². The van der Waals surface area contributed by atoms with Crippen molar-refractivity contribution in [2.45, 2.75) is 24.8 Å². The summed E-state index contributed by atoms with van der Waals surface area (Å²) in [6.07, 6.45) is 0. The van der Waals surface area contributed by atoms with Crippen molar-refractivity contribution in [2.24, 2.45) is 5.73 Å². The topological polar surface area (TPSA) is 140 Å². The van der Waals surface area contributed by atoms with E-state index in [0.29, 0.717) is 27.7 Å². The molecule has 2 N–H and O–H groups in total. The second-order valence-electron chi connectivity index (χ2n) is 7.30. The molecule has 3 heterocycles. The SMILES string of the molecule is CCOC(=O)C1=C(CSc2nc(C)ccc2C#N)OC(N)=C(C#N)[C@H]1c1ccc2c(c1)OCO2. The fraction of sp³-hybridized carbons (Fsp3) is 0.250. The van der Waals surface area contributed by atoms with Gasteiger partial charge in [0.2, 0.25) is 12.7 Å². The zero-order valence-corrected chi connectivity index (χ0v) is 19.3. The third kappa shape index (κ3) is 4.36. The van der Waals surface area contributed by atoms with Crippen molar-refractivity contribution in [3.63, 3.8) is 0 Å². The summed E-state index contributed by atoms with van der Waals surface area (Å²) in [4.78, 5) is 17.5. The first-order chi connectivity index (χ1) is 16.5. The highest BCUT2D eigenvalue weighted by molar-refractivity contribution is 7.99. The van der Waals surface area contributed by atoms with Gasteiger partial charge < -0.3 is 24.7 Å². The number of hydrogen-bond acceptors (Lipinski definition) is 10. The summed E-state index contributed by atoms with van der Waals surface area (Å²) >= 11 is 1.23. The summed E-state index contributed by atoms with van der Waals surface area (Å²) in [5.74, 6) is -0.122. The van der Waals surface area contributed by atoms with Crippen molar-refractivity contribution >= 4 is 17.7 Å². The molecule has 0 fully saturated rings. The number of ether oxygens (including phenoxy) is 4. The highest BCUT2D eigenvalue weighted by Crippen LogP contribution is 2.44. The zero-order chi connectivity index (χ0) is 24.2. The molecule has 0 unspecified atom stereocenters. The zero-order valence-electron chi connectivity index (χ0n) is 18.5. The molecule has 4 rings (SSSR count). The Hall–Kier alpha value is -4.15. The van der Waals surface area contributed by atoms with E-state index in [1.807, 2.05) is 6.92 Å². The number of nitrogens with zero attached hydrogens (tertiary/aromatic N) is 3. The summed E-state index contributed by atoms with van der Waals surface area (Å²) in [5, 5.41) is 19.8. The number of carbonyl (C=O) groups excluding carboxylic acids is 1. The van der Waals surface area contributed by atoms with Crippen LogP contribution in [0.4, 0.5) is 0 Å². The van der Waals surface area contributed by atoms with Crippen molar-refractivity contribution in [3.8, 4) is 23.6 Å². The lowest BCUT2D eigenvalue weighted by molar-refractivity contribution is -0.139. The number of aryl methyl sites for hydroxylation is 1. The van der Waals surface area contributed by atoms with Crippen LogP contribution in [0.2, 0.25) is 0 Å². The Balaban J connectivity index is 1.79. The standard InChI is InChI=1S/C24H20N4O5S/c1-3-30-24(29)21-19(11-34-23-15(9-25)5-4-13(2)28-23)33-22(27)16(10-26)20(21)14-6-7-17-18(8-14)32-12-31-17/h4-8,20H,3,11-12,27H2,1-2H3/t20-/m1/s1. The van der Waals surface area contributed by atoms with Gasteiger partial charge in [-0.2, -0.15) is 10.5 Å². The summed E-state index contributed by atoms with van der Waals surface area (Å²) in [6, 6.07) is 12.8. The predicted molar refractivity (Wildman–Crippen MR) is 121 cm³/mol. The van der Waals surface area contributed by atoms with Crippen molar-refractivity contribution in [1.82, 2.24) is 4.98 Å². The number of esters is 1. The quantitative estimate of drug-likeness (QED) is 0.487. The Morgan fingerprint density at radius 1 is 1.24 bits per heavy atom. The van der Waals surface area contributed by atoms with Gasteiger partial charge in [-0.3, -0.25) is 0 Å². The number of carbonyl (C=O) groups is 1. The number of rotatable bonds is 6. The van der Waals surface area contributed by atoms with Crippen LogP contribution in [0.15, 0.2) is 58.1 Å². The molecule has 1 aromatic carbocycles. The van der Waals surface area contributed by atoms with E-state index in [0.717, 1.165) is 5.69 Å². The number of nitriles is 2. The second-order valence-corrected chi connectivity index (χ2v) is 8.26. The van der Waals surface area contributed by atoms with Crippen molar-refractivity contribution in [2.75, 3.05) is 19.2 Å². The summed E-state index contributed by atoms with van der Waals surface area (Å²) < 4.78 is 21.9. The van der Waals surface area contributed by atoms with E-state index >= 15 is 0 Å².